The molecule has 0 unspecified atom stereocenters. The molecule has 66 valence electrons. The largest absolute Gasteiger partial charge is 0.303 e. The number of aldehydes is 1. The zero-order valence-electron chi connectivity index (χ0n) is 7.41. The van der Waals surface area contributed by atoms with Crippen molar-refractivity contribution in [1.82, 2.24) is 0 Å². The highest BCUT2D eigenvalue weighted by atomic mass is 32.1. The molecule has 1 aromatic carbocycles. The molecule has 0 aliphatic carbocycles. The first kappa shape index (κ1) is 8.45. The summed E-state index contributed by atoms with van der Waals surface area (Å²) in [5.41, 5.74) is 2.40. The van der Waals surface area contributed by atoms with Crippen molar-refractivity contribution in [2.24, 2.45) is 0 Å². The van der Waals surface area contributed by atoms with Gasteiger partial charge in [-0.15, -0.1) is 11.3 Å². The lowest BCUT2D eigenvalue weighted by Gasteiger charge is -1.96. The van der Waals surface area contributed by atoms with E-state index >= 15 is 0 Å². The smallest absolute Gasteiger partial charge is 0.124 e. The summed E-state index contributed by atoms with van der Waals surface area (Å²) in [6, 6.07) is 6.22. The molecule has 0 bridgehead atoms. The lowest BCUT2D eigenvalue weighted by Crippen LogP contribution is -1.84. The number of benzene rings is 1. The van der Waals surface area contributed by atoms with Gasteiger partial charge in [0.15, 0.2) is 0 Å². The number of carbonyl (C=O) groups excluding carboxylic acids is 1. The summed E-state index contributed by atoms with van der Waals surface area (Å²) in [6.07, 6.45) is 1.47. The summed E-state index contributed by atoms with van der Waals surface area (Å²) >= 11 is 1.75. The molecule has 2 heteroatoms. The fourth-order valence-corrected chi connectivity index (χ4v) is 2.35. The Morgan fingerprint density at radius 1 is 1.46 bits per heavy atom. The fourth-order valence-electron chi connectivity index (χ4n) is 1.43. The third-order valence-electron chi connectivity index (χ3n) is 2.15. The van der Waals surface area contributed by atoms with Crippen LogP contribution in [0.5, 0.6) is 0 Å². The van der Waals surface area contributed by atoms with E-state index in [1.54, 1.807) is 11.3 Å². The molecule has 0 aliphatic rings. The minimum Gasteiger partial charge on any atom is -0.303 e. The predicted octanol–water partition coefficient (Wildman–Crippen LogP) is 2.95. The third kappa shape index (κ3) is 1.49. The second-order valence-corrected chi connectivity index (χ2v) is 4.03. The van der Waals surface area contributed by atoms with Crippen LogP contribution in [0.15, 0.2) is 23.6 Å². The Bertz CT molecular complexity index is 442. The monoisotopic (exact) mass is 190 g/mol. The van der Waals surface area contributed by atoms with Crippen LogP contribution in [-0.2, 0) is 11.2 Å². The van der Waals surface area contributed by atoms with Gasteiger partial charge in [0.25, 0.3) is 0 Å². The van der Waals surface area contributed by atoms with Crippen LogP contribution in [0.2, 0.25) is 0 Å². The number of fused-ring (bicyclic) bond motifs is 1. The molecule has 0 saturated carbocycles. The number of hydrogen-bond acceptors (Lipinski definition) is 2. The summed E-state index contributed by atoms with van der Waals surface area (Å²) < 4.78 is 1.30. The molecule has 0 fully saturated rings. The first-order valence-corrected chi connectivity index (χ1v) is 5.09. The summed E-state index contributed by atoms with van der Waals surface area (Å²) in [5.74, 6) is 0. The second kappa shape index (κ2) is 3.30. The van der Waals surface area contributed by atoms with Gasteiger partial charge >= 0.3 is 0 Å². The highest BCUT2D eigenvalue weighted by molar-refractivity contribution is 7.17. The molecule has 2 rings (SSSR count). The van der Waals surface area contributed by atoms with Crippen molar-refractivity contribution in [1.29, 1.82) is 0 Å². The van der Waals surface area contributed by atoms with Crippen LogP contribution in [0.3, 0.4) is 0 Å². The van der Waals surface area contributed by atoms with Gasteiger partial charge < -0.3 is 4.79 Å². The van der Waals surface area contributed by atoms with Crippen LogP contribution in [-0.4, -0.2) is 6.29 Å². The molecule has 0 spiro atoms. The quantitative estimate of drug-likeness (QED) is 0.665. The summed E-state index contributed by atoms with van der Waals surface area (Å²) in [6.45, 7) is 2.10. The topological polar surface area (TPSA) is 17.1 Å². The minimum absolute atomic E-state index is 0.519. The first-order chi connectivity index (χ1) is 6.31. The predicted molar refractivity (Wildman–Crippen MR) is 56.3 cm³/mol. The van der Waals surface area contributed by atoms with Crippen LogP contribution in [0.1, 0.15) is 11.1 Å². The standard InChI is InChI=1S/C11H10OS/c1-8-7-13-11-3-2-9(4-5-12)6-10(8)11/h2-3,5-7H,4H2,1H3. The maximum absolute atomic E-state index is 10.3. The van der Waals surface area contributed by atoms with Crippen molar-refractivity contribution >= 4 is 27.7 Å². The Kier molecular flexibility index (Phi) is 2.15. The van der Waals surface area contributed by atoms with Crippen molar-refractivity contribution in [2.45, 2.75) is 13.3 Å². The van der Waals surface area contributed by atoms with E-state index in [0.29, 0.717) is 6.42 Å². The lowest BCUT2D eigenvalue weighted by molar-refractivity contribution is -0.107. The van der Waals surface area contributed by atoms with Crippen molar-refractivity contribution in [3.05, 3.63) is 34.7 Å². The molecule has 1 aromatic heterocycles. The van der Waals surface area contributed by atoms with Gasteiger partial charge in [-0.2, -0.15) is 0 Å². The molecule has 0 amide bonds. The van der Waals surface area contributed by atoms with E-state index in [0.717, 1.165) is 11.8 Å². The Balaban J connectivity index is 2.58. The molecule has 0 atom stereocenters. The van der Waals surface area contributed by atoms with Crippen molar-refractivity contribution in [3.63, 3.8) is 0 Å². The van der Waals surface area contributed by atoms with Gasteiger partial charge in [-0.3, -0.25) is 0 Å². The van der Waals surface area contributed by atoms with Crippen LogP contribution < -0.4 is 0 Å². The van der Waals surface area contributed by atoms with E-state index in [2.05, 4.69) is 24.4 Å². The zero-order valence-corrected chi connectivity index (χ0v) is 8.23. The fraction of sp³-hybridized carbons (Fsp3) is 0.182. The maximum atomic E-state index is 10.3. The zero-order chi connectivity index (χ0) is 9.26. The van der Waals surface area contributed by atoms with E-state index in [1.807, 2.05) is 6.07 Å². The number of carbonyl (C=O) groups is 1. The van der Waals surface area contributed by atoms with Crippen molar-refractivity contribution in [3.8, 4) is 0 Å². The first-order valence-electron chi connectivity index (χ1n) is 4.21. The number of rotatable bonds is 2. The molecule has 2 aromatic rings. The third-order valence-corrected chi connectivity index (χ3v) is 3.23. The number of thiophene rings is 1. The SMILES string of the molecule is Cc1csc2ccc(CC=O)cc12. The average molecular weight is 190 g/mol. The van der Waals surface area contributed by atoms with Crippen LogP contribution in [0.4, 0.5) is 0 Å². The Hall–Kier alpha value is -1.15. The molecule has 0 saturated heterocycles. The molecule has 0 aliphatic heterocycles. The van der Waals surface area contributed by atoms with Crippen LogP contribution in [0.25, 0.3) is 10.1 Å². The van der Waals surface area contributed by atoms with E-state index in [-0.39, 0.29) is 0 Å². The summed E-state index contributed by atoms with van der Waals surface area (Å²) in [4.78, 5) is 10.3. The molecular formula is C11H10OS. The Morgan fingerprint density at radius 2 is 2.31 bits per heavy atom. The second-order valence-electron chi connectivity index (χ2n) is 3.12. The van der Waals surface area contributed by atoms with Gasteiger partial charge in [-0.1, -0.05) is 6.07 Å². The van der Waals surface area contributed by atoms with E-state index in [4.69, 9.17) is 0 Å². The molecule has 13 heavy (non-hydrogen) atoms. The molecule has 1 nitrogen and oxygen atoms in total. The molecule has 0 radical (unpaired) electrons. The normalized spacial score (nSPS) is 10.5. The van der Waals surface area contributed by atoms with Crippen LogP contribution >= 0.6 is 11.3 Å². The molecule has 1 heterocycles. The minimum atomic E-state index is 0.519. The van der Waals surface area contributed by atoms with E-state index in [1.165, 1.54) is 15.6 Å². The number of hydrogen-bond donors (Lipinski definition) is 0. The Morgan fingerprint density at radius 3 is 3.08 bits per heavy atom. The van der Waals surface area contributed by atoms with E-state index in [9.17, 15) is 4.79 Å². The van der Waals surface area contributed by atoms with Gasteiger partial charge in [0.2, 0.25) is 0 Å². The van der Waals surface area contributed by atoms with E-state index < -0.39 is 0 Å². The van der Waals surface area contributed by atoms with Gasteiger partial charge in [0.1, 0.15) is 6.29 Å². The van der Waals surface area contributed by atoms with Gasteiger partial charge in [0, 0.05) is 11.1 Å². The molecule has 0 N–H and O–H groups in total. The highest BCUT2D eigenvalue weighted by Gasteiger charge is 2.00. The van der Waals surface area contributed by atoms with Gasteiger partial charge in [-0.05, 0) is 40.9 Å². The molecular weight excluding hydrogens is 180 g/mol. The van der Waals surface area contributed by atoms with Crippen LogP contribution in [0, 0.1) is 6.92 Å². The van der Waals surface area contributed by atoms with Gasteiger partial charge in [0.05, 0.1) is 0 Å². The van der Waals surface area contributed by atoms with Crippen molar-refractivity contribution in [2.75, 3.05) is 0 Å². The average Bonchev–Trinajstić information content (AvgIpc) is 2.49. The lowest BCUT2D eigenvalue weighted by atomic mass is 10.1. The highest BCUT2D eigenvalue weighted by Crippen LogP contribution is 2.26. The summed E-state index contributed by atoms with van der Waals surface area (Å²) in [5, 5.41) is 3.43. The van der Waals surface area contributed by atoms with Gasteiger partial charge in [-0.25, -0.2) is 0 Å². The number of aryl methyl sites for hydroxylation is 1. The van der Waals surface area contributed by atoms with Crippen molar-refractivity contribution < 1.29 is 4.79 Å². The maximum Gasteiger partial charge on any atom is 0.124 e. The summed E-state index contributed by atoms with van der Waals surface area (Å²) in [7, 11) is 0. The Labute approximate surface area is 81.0 Å².